The second-order valence-electron chi connectivity index (χ2n) is 4.38. The summed E-state index contributed by atoms with van der Waals surface area (Å²) in [5, 5.41) is 0. The number of benzene rings is 1. The lowest BCUT2D eigenvalue weighted by atomic mass is 10.2. The fourth-order valence-electron chi connectivity index (χ4n) is 1.72. The van der Waals surface area contributed by atoms with Gasteiger partial charge in [0, 0.05) is 0 Å². The van der Waals surface area contributed by atoms with Gasteiger partial charge in [0.05, 0.1) is 22.8 Å². The second-order valence-corrected chi connectivity index (χ2v) is 6.09. The molecule has 0 bridgehead atoms. The molecule has 21 heavy (non-hydrogen) atoms. The largest absolute Gasteiger partial charge is 0.468 e. The van der Waals surface area contributed by atoms with Crippen molar-refractivity contribution in [1.29, 1.82) is 0 Å². The van der Waals surface area contributed by atoms with Crippen LogP contribution in [0.3, 0.4) is 0 Å². The smallest absolute Gasteiger partial charge is 0.416 e. The number of sulfonamides is 1. The Bertz CT molecular complexity index is 691. The third-order valence-corrected chi connectivity index (χ3v) is 4.35. The summed E-state index contributed by atoms with van der Waals surface area (Å²) in [6.07, 6.45) is -3.10. The van der Waals surface area contributed by atoms with Crippen molar-refractivity contribution in [3.63, 3.8) is 0 Å². The van der Waals surface area contributed by atoms with E-state index in [1.807, 2.05) is 0 Å². The van der Waals surface area contributed by atoms with Gasteiger partial charge in [-0.2, -0.15) is 13.2 Å². The first-order chi connectivity index (χ1) is 9.70. The van der Waals surface area contributed by atoms with E-state index in [0.29, 0.717) is 5.76 Å². The van der Waals surface area contributed by atoms with Gasteiger partial charge in [0.15, 0.2) is 0 Å². The Labute approximate surface area is 119 Å². The zero-order valence-electron chi connectivity index (χ0n) is 10.9. The van der Waals surface area contributed by atoms with Gasteiger partial charge < -0.3 is 4.42 Å². The lowest BCUT2D eigenvalue weighted by molar-refractivity contribution is -0.137. The first-order valence-corrected chi connectivity index (χ1v) is 7.41. The first kappa shape index (κ1) is 15.6. The van der Waals surface area contributed by atoms with Crippen LogP contribution < -0.4 is 4.72 Å². The van der Waals surface area contributed by atoms with Crippen molar-refractivity contribution in [1.82, 2.24) is 4.72 Å². The predicted molar refractivity (Wildman–Crippen MR) is 68.9 cm³/mol. The molecule has 2 aromatic rings. The maximum atomic E-state index is 12.4. The Morgan fingerprint density at radius 3 is 2.24 bits per heavy atom. The molecule has 8 heteroatoms. The molecule has 0 radical (unpaired) electrons. The van der Waals surface area contributed by atoms with Crippen LogP contribution in [0, 0.1) is 0 Å². The zero-order valence-corrected chi connectivity index (χ0v) is 11.7. The Morgan fingerprint density at radius 1 is 1.14 bits per heavy atom. The molecule has 0 spiro atoms. The maximum Gasteiger partial charge on any atom is 0.416 e. The number of hydrogen-bond acceptors (Lipinski definition) is 3. The molecular formula is C13H12F3NO3S. The van der Waals surface area contributed by atoms with E-state index in [4.69, 9.17) is 4.42 Å². The summed E-state index contributed by atoms with van der Waals surface area (Å²) in [6, 6.07) is 5.86. The van der Waals surface area contributed by atoms with Crippen molar-refractivity contribution in [2.24, 2.45) is 0 Å². The van der Waals surface area contributed by atoms with E-state index in [2.05, 4.69) is 4.72 Å². The van der Waals surface area contributed by atoms with Gasteiger partial charge in [0.2, 0.25) is 10.0 Å². The molecule has 1 N–H and O–H groups in total. The summed E-state index contributed by atoms with van der Waals surface area (Å²) < 4.78 is 68.8. The quantitative estimate of drug-likeness (QED) is 0.940. The molecule has 114 valence electrons. The van der Waals surface area contributed by atoms with E-state index in [1.54, 1.807) is 19.1 Å². The summed E-state index contributed by atoms with van der Waals surface area (Å²) in [6.45, 7) is 1.57. The van der Waals surface area contributed by atoms with E-state index in [0.717, 1.165) is 24.3 Å². The van der Waals surface area contributed by atoms with Crippen molar-refractivity contribution in [3.05, 3.63) is 54.0 Å². The molecule has 1 aromatic carbocycles. The van der Waals surface area contributed by atoms with E-state index < -0.39 is 27.8 Å². The maximum absolute atomic E-state index is 12.4. The predicted octanol–water partition coefficient (Wildman–Crippen LogP) is 3.34. The highest BCUT2D eigenvalue weighted by Gasteiger charge is 2.30. The summed E-state index contributed by atoms with van der Waals surface area (Å²) in [7, 11) is -3.93. The van der Waals surface area contributed by atoms with Crippen LogP contribution in [0.25, 0.3) is 0 Å². The molecule has 0 amide bonds. The monoisotopic (exact) mass is 319 g/mol. The molecule has 4 nitrogen and oxygen atoms in total. The van der Waals surface area contributed by atoms with Crippen LogP contribution in [0.4, 0.5) is 13.2 Å². The Kier molecular flexibility index (Phi) is 4.11. The SMILES string of the molecule is CC(NS(=O)(=O)c1ccc(C(F)(F)F)cc1)c1ccco1. The van der Waals surface area contributed by atoms with Crippen molar-refractivity contribution < 1.29 is 26.0 Å². The molecule has 0 aliphatic heterocycles. The molecule has 0 fully saturated rings. The number of furan rings is 1. The van der Waals surface area contributed by atoms with Gasteiger partial charge in [-0.05, 0) is 43.3 Å². The third-order valence-electron chi connectivity index (χ3n) is 2.79. The third kappa shape index (κ3) is 3.64. The number of hydrogen-bond donors (Lipinski definition) is 1. The molecule has 0 saturated carbocycles. The molecule has 0 aliphatic rings. The van der Waals surface area contributed by atoms with Crippen LogP contribution in [0.5, 0.6) is 0 Å². The highest BCUT2D eigenvalue weighted by atomic mass is 32.2. The van der Waals surface area contributed by atoms with Crippen LogP contribution in [0.2, 0.25) is 0 Å². The number of halogens is 3. The standard InChI is InChI=1S/C13H12F3NO3S/c1-9(12-3-2-8-20-12)17-21(18,19)11-6-4-10(5-7-11)13(14,15)16/h2-9,17H,1H3. The van der Waals surface area contributed by atoms with Crippen LogP contribution in [0.15, 0.2) is 52.0 Å². The molecule has 2 rings (SSSR count). The zero-order chi connectivity index (χ0) is 15.7. The second kappa shape index (κ2) is 5.53. The van der Waals surface area contributed by atoms with Gasteiger partial charge in [-0.15, -0.1) is 0 Å². The van der Waals surface area contributed by atoms with E-state index in [9.17, 15) is 21.6 Å². The van der Waals surface area contributed by atoms with Gasteiger partial charge in [0.1, 0.15) is 5.76 Å². The summed E-state index contributed by atoms with van der Waals surface area (Å²) in [5.74, 6) is 0.408. The van der Waals surface area contributed by atoms with Crippen molar-refractivity contribution >= 4 is 10.0 Å². The van der Waals surface area contributed by atoms with Gasteiger partial charge in [-0.1, -0.05) is 0 Å². The Morgan fingerprint density at radius 2 is 1.76 bits per heavy atom. The van der Waals surface area contributed by atoms with Crippen LogP contribution >= 0.6 is 0 Å². The van der Waals surface area contributed by atoms with E-state index in [1.165, 1.54) is 6.26 Å². The minimum atomic E-state index is -4.50. The summed E-state index contributed by atoms with van der Waals surface area (Å²) >= 11 is 0. The molecule has 1 unspecified atom stereocenters. The topological polar surface area (TPSA) is 59.3 Å². The van der Waals surface area contributed by atoms with Crippen molar-refractivity contribution in [3.8, 4) is 0 Å². The molecule has 0 aliphatic carbocycles. The van der Waals surface area contributed by atoms with E-state index >= 15 is 0 Å². The Hall–Kier alpha value is -1.80. The minimum absolute atomic E-state index is 0.242. The normalized spacial score (nSPS) is 14.1. The number of nitrogens with one attached hydrogen (secondary N) is 1. The van der Waals surface area contributed by atoms with Crippen molar-refractivity contribution in [2.75, 3.05) is 0 Å². The number of rotatable bonds is 4. The van der Waals surface area contributed by atoms with Crippen LogP contribution in [-0.4, -0.2) is 8.42 Å². The molecule has 1 heterocycles. The summed E-state index contributed by atoms with van der Waals surface area (Å²) in [4.78, 5) is -0.242. The van der Waals surface area contributed by atoms with Crippen LogP contribution in [-0.2, 0) is 16.2 Å². The van der Waals surface area contributed by atoms with Crippen molar-refractivity contribution in [2.45, 2.75) is 24.0 Å². The molecular weight excluding hydrogens is 307 g/mol. The average molecular weight is 319 g/mol. The lowest BCUT2D eigenvalue weighted by Gasteiger charge is -2.13. The Balaban J connectivity index is 2.20. The minimum Gasteiger partial charge on any atom is -0.468 e. The molecule has 1 aromatic heterocycles. The van der Waals surface area contributed by atoms with E-state index in [-0.39, 0.29) is 4.90 Å². The van der Waals surface area contributed by atoms with Gasteiger partial charge in [-0.25, -0.2) is 13.1 Å². The molecule has 1 atom stereocenters. The highest BCUT2D eigenvalue weighted by Crippen LogP contribution is 2.29. The fraction of sp³-hybridized carbons (Fsp3) is 0.231. The van der Waals surface area contributed by atoms with Gasteiger partial charge >= 0.3 is 6.18 Å². The van der Waals surface area contributed by atoms with Gasteiger partial charge in [0.25, 0.3) is 0 Å². The highest BCUT2D eigenvalue weighted by molar-refractivity contribution is 7.89. The average Bonchev–Trinajstić information content (AvgIpc) is 2.91. The first-order valence-electron chi connectivity index (χ1n) is 5.93. The fourth-order valence-corrected chi connectivity index (χ4v) is 2.93. The summed E-state index contributed by atoms with van der Waals surface area (Å²) in [5.41, 5.74) is -0.902. The van der Waals surface area contributed by atoms with Crippen LogP contribution in [0.1, 0.15) is 24.3 Å². The number of alkyl halides is 3. The molecule has 0 saturated heterocycles. The van der Waals surface area contributed by atoms with Gasteiger partial charge in [-0.3, -0.25) is 0 Å². The lowest BCUT2D eigenvalue weighted by Crippen LogP contribution is -2.26.